The van der Waals surface area contributed by atoms with Crippen LogP contribution in [-0.4, -0.2) is 48.7 Å². The first-order valence-electron chi connectivity index (χ1n) is 7.23. The first-order chi connectivity index (χ1) is 10.5. The molecule has 0 aromatic carbocycles. The maximum atomic E-state index is 12.1. The van der Waals surface area contributed by atoms with Crippen molar-refractivity contribution in [2.24, 2.45) is 11.0 Å². The Labute approximate surface area is 130 Å². The van der Waals surface area contributed by atoms with Crippen molar-refractivity contribution in [3.63, 3.8) is 0 Å². The summed E-state index contributed by atoms with van der Waals surface area (Å²) in [5.41, 5.74) is 3.31. The summed E-state index contributed by atoms with van der Waals surface area (Å²) in [5, 5.41) is 3.90. The molecule has 1 aliphatic heterocycles. The molecule has 1 amide bonds. The molecule has 7 nitrogen and oxygen atoms in total. The lowest BCUT2D eigenvalue weighted by atomic mass is 9.99. The van der Waals surface area contributed by atoms with E-state index in [1.165, 1.54) is 10.5 Å². The third kappa shape index (κ3) is 4.35. The smallest absolute Gasteiger partial charge is 0.244 e. The molecule has 1 fully saturated rings. The summed E-state index contributed by atoms with van der Waals surface area (Å²) in [6, 6.07) is 3.54. The Hall–Kier alpha value is -1.80. The lowest BCUT2D eigenvalue weighted by Gasteiger charge is -2.30. The number of carbonyl (C=O) groups excluding carboxylic acids is 1. The van der Waals surface area contributed by atoms with Gasteiger partial charge in [0.2, 0.25) is 15.9 Å². The second-order valence-corrected chi connectivity index (χ2v) is 7.37. The number of hydrogen-bond acceptors (Lipinski definition) is 5. The zero-order valence-corrected chi connectivity index (χ0v) is 13.3. The van der Waals surface area contributed by atoms with E-state index < -0.39 is 10.0 Å². The minimum Gasteiger partial charge on any atom is -0.273 e. The number of pyridine rings is 1. The van der Waals surface area contributed by atoms with Gasteiger partial charge in [0, 0.05) is 25.5 Å². The summed E-state index contributed by atoms with van der Waals surface area (Å²) < 4.78 is 25.2. The molecule has 1 atom stereocenters. The van der Waals surface area contributed by atoms with Crippen LogP contribution in [0, 0.1) is 5.92 Å². The van der Waals surface area contributed by atoms with E-state index in [-0.39, 0.29) is 24.1 Å². The van der Waals surface area contributed by atoms with Crippen LogP contribution in [0.25, 0.3) is 0 Å². The second kappa shape index (κ2) is 7.46. The average Bonchev–Trinajstić information content (AvgIpc) is 2.56. The topological polar surface area (TPSA) is 91.7 Å². The Morgan fingerprint density at radius 3 is 2.91 bits per heavy atom. The molecule has 0 bridgehead atoms. The van der Waals surface area contributed by atoms with Crippen LogP contribution in [0.4, 0.5) is 0 Å². The molecule has 22 heavy (non-hydrogen) atoms. The van der Waals surface area contributed by atoms with Crippen molar-refractivity contribution in [3.8, 4) is 0 Å². The standard InChI is InChI=1S/C14H20N4O3S/c1-2-22(20,21)18-9-3-4-13(11-18)14(19)17-16-10-12-5-7-15-8-6-12/h5-8,10,13H,2-4,9,11H2,1H3,(H,17,19). The van der Waals surface area contributed by atoms with Crippen molar-refractivity contribution in [2.75, 3.05) is 18.8 Å². The number of aromatic nitrogens is 1. The van der Waals surface area contributed by atoms with Crippen molar-refractivity contribution < 1.29 is 13.2 Å². The van der Waals surface area contributed by atoms with Gasteiger partial charge in [-0.05, 0) is 37.5 Å². The van der Waals surface area contributed by atoms with E-state index in [1.54, 1.807) is 31.5 Å². The normalized spacial score (nSPS) is 20.1. The summed E-state index contributed by atoms with van der Waals surface area (Å²) in [5.74, 6) is -0.549. The Kier molecular flexibility index (Phi) is 5.62. The zero-order valence-electron chi connectivity index (χ0n) is 12.5. The molecule has 1 N–H and O–H groups in total. The van der Waals surface area contributed by atoms with E-state index in [0.29, 0.717) is 19.4 Å². The van der Waals surface area contributed by atoms with Crippen molar-refractivity contribution in [2.45, 2.75) is 19.8 Å². The van der Waals surface area contributed by atoms with Gasteiger partial charge in [0.1, 0.15) is 0 Å². The van der Waals surface area contributed by atoms with Crippen LogP contribution in [0.3, 0.4) is 0 Å². The van der Waals surface area contributed by atoms with Crippen molar-refractivity contribution in [1.29, 1.82) is 0 Å². The fourth-order valence-corrected chi connectivity index (χ4v) is 3.48. The van der Waals surface area contributed by atoms with Crippen LogP contribution in [0.2, 0.25) is 0 Å². The molecule has 1 aromatic heterocycles. The summed E-state index contributed by atoms with van der Waals surface area (Å²) in [6.07, 6.45) is 6.16. The van der Waals surface area contributed by atoms with Crippen LogP contribution >= 0.6 is 0 Å². The zero-order chi connectivity index (χ0) is 16.0. The number of nitrogens with zero attached hydrogens (tertiary/aromatic N) is 3. The third-order valence-corrected chi connectivity index (χ3v) is 5.46. The monoisotopic (exact) mass is 324 g/mol. The summed E-state index contributed by atoms with van der Waals surface area (Å²) in [7, 11) is -3.24. The molecule has 0 spiro atoms. The molecule has 0 radical (unpaired) electrons. The van der Waals surface area contributed by atoms with Gasteiger partial charge in [0.15, 0.2) is 0 Å². The number of rotatable bonds is 5. The predicted octanol–water partition coefficient (Wildman–Crippen LogP) is 0.593. The van der Waals surface area contributed by atoms with Crippen LogP contribution < -0.4 is 5.43 Å². The van der Waals surface area contributed by atoms with Crippen molar-refractivity contribution >= 4 is 22.1 Å². The van der Waals surface area contributed by atoms with E-state index in [1.807, 2.05) is 0 Å². The van der Waals surface area contributed by atoms with E-state index in [4.69, 9.17) is 0 Å². The van der Waals surface area contributed by atoms with Crippen molar-refractivity contribution in [3.05, 3.63) is 30.1 Å². The Morgan fingerprint density at radius 1 is 1.50 bits per heavy atom. The van der Waals surface area contributed by atoms with Gasteiger partial charge >= 0.3 is 0 Å². The Bertz CT molecular complexity index is 631. The molecule has 0 saturated carbocycles. The highest BCUT2D eigenvalue weighted by molar-refractivity contribution is 7.89. The number of hydrogen-bond donors (Lipinski definition) is 1. The molecule has 2 rings (SSSR count). The van der Waals surface area contributed by atoms with Crippen LogP contribution in [0.5, 0.6) is 0 Å². The molecule has 8 heteroatoms. The van der Waals surface area contributed by atoms with Crippen LogP contribution in [0.1, 0.15) is 25.3 Å². The molecule has 0 aliphatic carbocycles. The average molecular weight is 324 g/mol. The maximum Gasteiger partial charge on any atom is 0.244 e. The molecule has 1 aliphatic rings. The Balaban J connectivity index is 1.91. The molecule has 2 heterocycles. The number of sulfonamides is 1. The molecule has 1 aromatic rings. The number of hydrazone groups is 1. The highest BCUT2D eigenvalue weighted by atomic mass is 32.2. The molecular formula is C14H20N4O3S. The summed E-state index contributed by atoms with van der Waals surface area (Å²) >= 11 is 0. The van der Waals surface area contributed by atoms with Crippen LogP contribution in [-0.2, 0) is 14.8 Å². The van der Waals surface area contributed by atoms with Gasteiger partial charge in [-0.1, -0.05) is 0 Å². The summed E-state index contributed by atoms with van der Waals surface area (Å²) in [4.78, 5) is 16.0. The molecular weight excluding hydrogens is 304 g/mol. The Morgan fingerprint density at radius 2 is 2.23 bits per heavy atom. The van der Waals surface area contributed by atoms with E-state index >= 15 is 0 Å². The minimum atomic E-state index is -3.24. The fourth-order valence-electron chi connectivity index (χ4n) is 2.30. The van der Waals surface area contributed by atoms with Gasteiger partial charge in [-0.15, -0.1) is 0 Å². The van der Waals surface area contributed by atoms with E-state index in [2.05, 4.69) is 15.5 Å². The number of carbonyl (C=O) groups is 1. The highest BCUT2D eigenvalue weighted by Gasteiger charge is 2.31. The van der Waals surface area contributed by atoms with Gasteiger partial charge in [-0.3, -0.25) is 9.78 Å². The van der Waals surface area contributed by atoms with Crippen LogP contribution in [0.15, 0.2) is 29.6 Å². The van der Waals surface area contributed by atoms with Gasteiger partial charge in [-0.25, -0.2) is 18.1 Å². The van der Waals surface area contributed by atoms with E-state index in [9.17, 15) is 13.2 Å². The maximum absolute atomic E-state index is 12.1. The quantitative estimate of drug-likeness (QED) is 0.634. The minimum absolute atomic E-state index is 0.0571. The first kappa shape index (κ1) is 16.6. The lowest BCUT2D eigenvalue weighted by molar-refractivity contribution is -0.126. The van der Waals surface area contributed by atoms with Gasteiger partial charge in [0.25, 0.3) is 0 Å². The largest absolute Gasteiger partial charge is 0.273 e. The van der Waals surface area contributed by atoms with Crippen molar-refractivity contribution in [1.82, 2.24) is 14.7 Å². The lowest BCUT2D eigenvalue weighted by Crippen LogP contribution is -2.45. The van der Waals surface area contributed by atoms with Gasteiger partial charge < -0.3 is 0 Å². The highest BCUT2D eigenvalue weighted by Crippen LogP contribution is 2.19. The molecule has 120 valence electrons. The first-order valence-corrected chi connectivity index (χ1v) is 8.84. The number of piperidine rings is 1. The number of nitrogens with one attached hydrogen (secondary N) is 1. The van der Waals surface area contributed by atoms with Gasteiger partial charge in [0.05, 0.1) is 17.9 Å². The second-order valence-electron chi connectivity index (χ2n) is 5.11. The predicted molar refractivity (Wildman–Crippen MR) is 83.7 cm³/mol. The number of amides is 1. The van der Waals surface area contributed by atoms with E-state index in [0.717, 1.165) is 5.56 Å². The SMILES string of the molecule is CCS(=O)(=O)N1CCCC(C(=O)NN=Cc2ccncc2)C1. The van der Waals surface area contributed by atoms with Gasteiger partial charge in [-0.2, -0.15) is 5.10 Å². The molecule has 1 unspecified atom stereocenters. The fraction of sp³-hybridized carbons (Fsp3) is 0.500. The third-order valence-electron chi connectivity index (χ3n) is 3.61. The summed E-state index contributed by atoms with van der Waals surface area (Å²) in [6.45, 7) is 2.32. The molecule has 1 saturated heterocycles.